The minimum Gasteiger partial charge on any atom is -0.494 e. The number of aromatic amines is 1. The van der Waals surface area contributed by atoms with Gasteiger partial charge in [0.2, 0.25) is 5.56 Å². The summed E-state index contributed by atoms with van der Waals surface area (Å²) in [4.78, 5) is 13.8. The number of hydrogen-bond donors (Lipinski definition) is 1. The first kappa shape index (κ1) is 10.4. The molecule has 1 heterocycles. The van der Waals surface area contributed by atoms with Crippen LogP contribution in [0, 0.1) is 5.82 Å². The van der Waals surface area contributed by atoms with E-state index in [1.807, 2.05) is 0 Å². The lowest BCUT2D eigenvalue weighted by molar-refractivity contribution is 0.387. The van der Waals surface area contributed by atoms with Gasteiger partial charge in [0.15, 0.2) is 11.6 Å². The molecular formula is C12H10FNO2. The SMILES string of the molecule is COc1cc(-c2cccc(=O)[nH]2)ccc1F. The van der Waals surface area contributed by atoms with Crippen molar-refractivity contribution >= 4 is 0 Å². The normalized spacial score (nSPS) is 10.1. The number of hydrogen-bond acceptors (Lipinski definition) is 2. The molecule has 1 aromatic carbocycles. The highest BCUT2D eigenvalue weighted by atomic mass is 19.1. The molecule has 0 atom stereocenters. The Balaban J connectivity index is 2.52. The number of H-pyrrole nitrogens is 1. The number of ether oxygens (including phenoxy) is 1. The second-order valence-corrected chi connectivity index (χ2v) is 3.28. The molecule has 3 nitrogen and oxygen atoms in total. The Morgan fingerprint density at radius 1 is 1.25 bits per heavy atom. The second kappa shape index (κ2) is 4.18. The summed E-state index contributed by atoms with van der Waals surface area (Å²) in [6.45, 7) is 0. The predicted octanol–water partition coefficient (Wildman–Crippen LogP) is 2.19. The molecular weight excluding hydrogens is 209 g/mol. The van der Waals surface area contributed by atoms with E-state index in [-0.39, 0.29) is 11.3 Å². The molecule has 0 bridgehead atoms. The van der Waals surface area contributed by atoms with Gasteiger partial charge in [-0.1, -0.05) is 6.07 Å². The molecule has 2 rings (SSSR count). The lowest BCUT2D eigenvalue weighted by Crippen LogP contribution is -2.03. The molecule has 82 valence electrons. The molecule has 0 aliphatic carbocycles. The largest absolute Gasteiger partial charge is 0.494 e. The van der Waals surface area contributed by atoms with Gasteiger partial charge in [-0.2, -0.15) is 0 Å². The van der Waals surface area contributed by atoms with Crippen LogP contribution < -0.4 is 10.3 Å². The van der Waals surface area contributed by atoms with Crippen LogP contribution in [-0.4, -0.2) is 12.1 Å². The number of benzene rings is 1. The van der Waals surface area contributed by atoms with Gasteiger partial charge in [0.1, 0.15) is 0 Å². The number of pyridine rings is 1. The number of aromatic nitrogens is 1. The maximum absolute atomic E-state index is 13.2. The van der Waals surface area contributed by atoms with Crippen LogP contribution in [0.4, 0.5) is 4.39 Å². The summed E-state index contributed by atoms with van der Waals surface area (Å²) in [6, 6.07) is 9.24. The fraction of sp³-hybridized carbons (Fsp3) is 0.0833. The first-order chi connectivity index (χ1) is 7.70. The van der Waals surface area contributed by atoms with E-state index >= 15 is 0 Å². The standard InChI is InChI=1S/C12H10FNO2/c1-16-11-7-8(5-6-9(11)13)10-3-2-4-12(15)14-10/h2-7H,1H3,(H,14,15). The molecule has 0 radical (unpaired) electrons. The van der Waals surface area contributed by atoms with Crippen molar-refractivity contribution in [1.82, 2.24) is 4.98 Å². The van der Waals surface area contributed by atoms with Crippen molar-refractivity contribution in [2.75, 3.05) is 7.11 Å². The molecule has 4 heteroatoms. The molecule has 0 spiro atoms. The van der Waals surface area contributed by atoms with Crippen molar-refractivity contribution in [2.24, 2.45) is 0 Å². The molecule has 0 aliphatic heterocycles. The fourth-order valence-corrected chi connectivity index (χ4v) is 1.44. The third kappa shape index (κ3) is 1.95. The minimum atomic E-state index is -0.426. The van der Waals surface area contributed by atoms with Crippen LogP contribution in [0.1, 0.15) is 0 Å². The van der Waals surface area contributed by atoms with Gasteiger partial charge >= 0.3 is 0 Å². The molecule has 1 aromatic heterocycles. The fourth-order valence-electron chi connectivity index (χ4n) is 1.44. The van der Waals surface area contributed by atoms with Crippen LogP contribution in [0.5, 0.6) is 5.75 Å². The summed E-state index contributed by atoms with van der Waals surface area (Å²) < 4.78 is 18.0. The van der Waals surface area contributed by atoms with Gasteiger partial charge in [0.25, 0.3) is 0 Å². The summed E-state index contributed by atoms with van der Waals surface area (Å²) in [5.41, 5.74) is 1.14. The Morgan fingerprint density at radius 3 is 2.75 bits per heavy atom. The Hall–Kier alpha value is -2.10. The van der Waals surface area contributed by atoms with E-state index in [4.69, 9.17) is 4.74 Å². The van der Waals surface area contributed by atoms with E-state index in [0.29, 0.717) is 11.3 Å². The first-order valence-corrected chi connectivity index (χ1v) is 4.74. The van der Waals surface area contributed by atoms with Gasteiger partial charge in [0.05, 0.1) is 7.11 Å². The van der Waals surface area contributed by atoms with E-state index in [1.165, 1.54) is 19.2 Å². The smallest absolute Gasteiger partial charge is 0.248 e. The monoisotopic (exact) mass is 219 g/mol. The lowest BCUT2D eigenvalue weighted by Gasteiger charge is -2.05. The van der Waals surface area contributed by atoms with Gasteiger partial charge < -0.3 is 9.72 Å². The van der Waals surface area contributed by atoms with E-state index in [2.05, 4.69) is 4.98 Å². The second-order valence-electron chi connectivity index (χ2n) is 3.28. The summed E-state index contributed by atoms with van der Waals surface area (Å²) in [6.07, 6.45) is 0. The molecule has 0 saturated carbocycles. The average Bonchev–Trinajstić information content (AvgIpc) is 2.29. The van der Waals surface area contributed by atoms with Crippen LogP contribution in [0.3, 0.4) is 0 Å². The minimum absolute atomic E-state index is 0.155. The third-order valence-electron chi connectivity index (χ3n) is 2.23. The highest BCUT2D eigenvalue weighted by Gasteiger charge is 2.05. The van der Waals surface area contributed by atoms with E-state index in [0.717, 1.165) is 0 Å². The van der Waals surface area contributed by atoms with Crippen molar-refractivity contribution < 1.29 is 9.13 Å². The topological polar surface area (TPSA) is 42.1 Å². The highest BCUT2D eigenvalue weighted by Crippen LogP contribution is 2.24. The van der Waals surface area contributed by atoms with Gasteiger partial charge in [-0.05, 0) is 24.3 Å². The summed E-state index contributed by atoms with van der Waals surface area (Å²) in [5, 5.41) is 0. The van der Waals surface area contributed by atoms with E-state index in [1.54, 1.807) is 24.3 Å². The highest BCUT2D eigenvalue weighted by molar-refractivity contribution is 5.61. The Kier molecular flexibility index (Phi) is 2.72. The summed E-state index contributed by atoms with van der Waals surface area (Å²) in [5.74, 6) is -0.272. The Labute approximate surface area is 91.5 Å². The van der Waals surface area contributed by atoms with Crippen LogP contribution in [0.25, 0.3) is 11.3 Å². The zero-order valence-electron chi connectivity index (χ0n) is 8.66. The van der Waals surface area contributed by atoms with Gasteiger partial charge in [-0.25, -0.2) is 4.39 Å². The van der Waals surface area contributed by atoms with E-state index < -0.39 is 5.82 Å². The number of methoxy groups -OCH3 is 1. The lowest BCUT2D eigenvalue weighted by atomic mass is 10.1. The van der Waals surface area contributed by atoms with Crippen molar-refractivity contribution in [3.8, 4) is 17.0 Å². The maximum Gasteiger partial charge on any atom is 0.248 e. The Bertz CT molecular complexity index is 563. The average molecular weight is 219 g/mol. The van der Waals surface area contributed by atoms with Gasteiger partial charge in [-0.3, -0.25) is 4.79 Å². The van der Waals surface area contributed by atoms with Crippen LogP contribution >= 0.6 is 0 Å². The van der Waals surface area contributed by atoms with Crippen LogP contribution in [0.2, 0.25) is 0 Å². The number of rotatable bonds is 2. The van der Waals surface area contributed by atoms with Crippen molar-refractivity contribution in [2.45, 2.75) is 0 Å². The molecule has 16 heavy (non-hydrogen) atoms. The number of halogens is 1. The van der Waals surface area contributed by atoms with Gasteiger partial charge in [-0.15, -0.1) is 0 Å². The molecule has 2 aromatic rings. The zero-order chi connectivity index (χ0) is 11.5. The van der Waals surface area contributed by atoms with Crippen LogP contribution in [0.15, 0.2) is 41.2 Å². The quantitative estimate of drug-likeness (QED) is 0.841. The van der Waals surface area contributed by atoms with Crippen molar-refractivity contribution in [1.29, 1.82) is 0 Å². The van der Waals surface area contributed by atoms with E-state index in [9.17, 15) is 9.18 Å². The summed E-state index contributed by atoms with van der Waals surface area (Å²) >= 11 is 0. The number of nitrogens with one attached hydrogen (secondary N) is 1. The predicted molar refractivity (Wildman–Crippen MR) is 59.0 cm³/mol. The summed E-state index contributed by atoms with van der Waals surface area (Å²) in [7, 11) is 1.40. The van der Waals surface area contributed by atoms with Crippen LogP contribution in [-0.2, 0) is 0 Å². The zero-order valence-corrected chi connectivity index (χ0v) is 8.66. The molecule has 0 aliphatic rings. The maximum atomic E-state index is 13.2. The van der Waals surface area contributed by atoms with Crippen molar-refractivity contribution in [3.05, 3.63) is 52.6 Å². The molecule has 0 fully saturated rings. The Morgan fingerprint density at radius 2 is 2.06 bits per heavy atom. The molecule has 1 N–H and O–H groups in total. The van der Waals surface area contributed by atoms with Crippen molar-refractivity contribution in [3.63, 3.8) is 0 Å². The molecule has 0 unspecified atom stereocenters. The third-order valence-corrected chi connectivity index (χ3v) is 2.23. The molecule has 0 saturated heterocycles. The van der Waals surface area contributed by atoms with Gasteiger partial charge in [0, 0.05) is 17.3 Å². The molecule has 0 amide bonds. The first-order valence-electron chi connectivity index (χ1n) is 4.74.